The van der Waals surface area contributed by atoms with Gasteiger partial charge in [-0.3, -0.25) is 0 Å². The smallest absolute Gasteiger partial charge is 0.497 e. The van der Waals surface area contributed by atoms with Crippen LogP contribution in [0.25, 0.3) is 32.8 Å². The zero-order valence-corrected chi connectivity index (χ0v) is 17.2. The highest BCUT2D eigenvalue weighted by Crippen LogP contribution is 2.42. The number of halogens is 4. The van der Waals surface area contributed by atoms with Crippen molar-refractivity contribution in [1.29, 1.82) is 0 Å². The second-order valence-corrected chi connectivity index (χ2v) is 8.29. The van der Waals surface area contributed by atoms with E-state index in [0.717, 1.165) is 6.07 Å². The third-order valence-electron chi connectivity index (χ3n) is 4.55. The Bertz CT molecular complexity index is 1430. The fourth-order valence-corrected chi connectivity index (χ4v) is 3.81. The van der Waals surface area contributed by atoms with Crippen molar-refractivity contribution in [1.82, 2.24) is 10.2 Å². The lowest BCUT2D eigenvalue weighted by Gasteiger charge is -2.16. The van der Waals surface area contributed by atoms with Crippen LogP contribution < -0.4 is 8.92 Å². The van der Waals surface area contributed by atoms with Crippen LogP contribution in [-0.4, -0.2) is 31.2 Å². The summed E-state index contributed by atoms with van der Waals surface area (Å²) in [7, 11) is -4.51. The minimum absolute atomic E-state index is 0.00425. The Morgan fingerprint density at radius 2 is 1.61 bits per heavy atom. The molecule has 0 unspecified atom stereocenters. The van der Waals surface area contributed by atoms with Crippen LogP contribution in [0.4, 0.5) is 13.2 Å². The molecule has 0 aliphatic carbocycles. The average molecular weight is 469 g/mol. The van der Waals surface area contributed by atoms with Gasteiger partial charge in [-0.05, 0) is 29.0 Å². The number of aromatic nitrogens is 2. The fourth-order valence-electron chi connectivity index (χ4n) is 3.14. The maximum atomic E-state index is 13.0. The first-order chi connectivity index (χ1) is 14.6. The highest BCUT2D eigenvalue weighted by atomic mass is 35.5. The zero-order chi connectivity index (χ0) is 22.4. The molecule has 0 saturated heterocycles. The van der Waals surface area contributed by atoms with E-state index in [0.29, 0.717) is 27.3 Å². The molecule has 0 aliphatic rings. The largest absolute Gasteiger partial charge is 0.534 e. The molecule has 1 aromatic heterocycles. The van der Waals surface area contributed by atoms with Gasteiger partial charge in [0.1, 0.15) is 11.4 Å². The summed E-state index contributed by atoms with van der Waals surface area (Å²) in [5.74, 6) is -0.157. The second-order valence-electron chi connectivity index (χ2n) is 6.39. The third kappa shape index (κ3) is 3.72. The van der Waals surface area contributed by atoms with E-state index < -0.39 is 21.4 Å². The van der Waals surface area contributed by atoms with Crippen molar-refractivity contribution in [3.05, 3.63) is 59.8 Å². The van der Waals surface area contributed by atoms with Gasteiger partial charge >= 0.3 is 15.6 Å². The number of alkyl halides is 3. The SMILES string of the molecule is COc1ccc2ccc(OS(=O)(=O)C(F)(F)F)c(-c3nnc(Cl)c4ccccc34)c2c1. The average Bonchev–Trinajstić information content (AvgIpc) is 2.73. The first kappa shape index (κ1) is 21.1. The van der Waals surface area contributed by atoms with Crippen molar-refractivity contribution in [3.63, 3.8) is 0 Å². The van der Waals surface area contributed by atoms with E-state index in [2.05, 4.69) is 14.4 Å². The van der Waals surface area contributed by atoms with Crippen LogP contribution in [-0.2, 0) is 10.1 Å². The van der Waals surface area contributed by atoms with E-state index in [1.807, 2.05) is 0 Å². The summed E-state index contributed by atoms with van der Waals surface area (Å²) in [6.45, 7) is 0. The van der Waals surface area contributed by atoms with Crippen LogP contribution in [0.1, 0.15) is 0 Å². The molecule has 0 spiro atoms. The summed E-state index contributed by atoms with van der Waals surface area (Å²) in [6, 6.07) is 14.1. The van der Waals surface area contributed by atoms with E-state index in [1.165, 1.54) is 13.2 Å². The predicted octanol–water partition coefficient (Wildman–Crippen LogP) is 5.34. The summed E-state index contributed by atoms with van der Waals surface area (Å²) >= 11 is 6.12. The lowest BCUT2D eigenvalue weighted by Crippen LogP contribution is -2.28. The van der Waals surface area contributed by atoms with E-state index in [9.17, 15) is 21.6 Å². The summed E-state index contributed by atoms with van der Waals surface area (Å²) in [6.07, 6.45) is 0. The Balaban J connectivity index is 2.10. The van der Waals surface area contributed by atoms with E-state index >= 15 is 0 Å². The van der Waals surface area contributed by atoms with Crippen LogP contribution in [0.15, 0.2) is 54.6 Å². The van der Waals surface area contributed by atoms with Gasteiger partial charge in [-0.15, -0.1) is 10.2 Å². The number of fused-ring (bicyclic) bond motifs is 2. The fraction of sp³-hybridized carbons (Fsp3) is 0.100. The summed E-state index contributed by atoms with van der Waals surface area (Å²) in [5, 5.41) is 9.90. The van der Waals surface area contributed by atoms with Gasteiger partial charge in [-0.25, -0.2) is 0 Å². The Labute approximate surface area is 179 Å². The molecule has 0 N–H and O–H groups in total. The molecule has 0 saturated carbocycles. The van der Waals surface area contributed by atoms with Gasteiger partial charge in [-0.2, -0.15) is 21.6 Å². The molecule has 0 aliphatic heterocycles. The Kier molecular flexibility index (Phi) is 5.14. The quantitative estimate of drug-likeness (QED) is 0.297. The molecule has 6 nitrogen and oxygen atoms in total. The van der Waals surface area contributed by atoms with E-state index in [-0.39, 0.29) is 16.4 Å². The molecular weight excluding hydrogens is 457 g/mol. The van der Waals surface area contributed by atoms with Gasteiger partial charge in [0.2, 0.25) is 0 Å². The van der Waals surface area contributed by atoms with Gasteiger partial charge in [0, 0.05) is 10.8 Å². The monoisotopic (exact) mass is 468 g/mol. The number of ether oxygens (including phenoxy) is 1. The molecule has 4 rings (SSSR count). The predicted molar refractivity (Wildman–Crippen MR) is 110 cm³/mol. The molecule has 4 aromatic rings. The zero-order valence-electron chi connectivity index (χ0n) is 15.6. The number of nitrogens with zero attached hydrogens (tertiary/aromatic N) is 2. The summed E-state index contributed by atoms with van der Waals surface area (Å²) in [4.78, 5) is 0. The molecule has 0 radical (unpaired) electrons. The van der Waals surface area contributed by atoms with Gasteiger partial charge in [-0.1, -0.05) is 48.0 Å². The maximum Gasteiger partial charge on any atom is 0.534 e. The van der Waals surface area contributed by atoms with Gasteiger partial charge in [0.25, 0.3) is 0 Å². The lowest BCUT2D eigenvalue weighted by atomic mass is 9.97. The van der Waals surface area contributed by atoms with Crippen molar-refractivity contribution < 1.29 is 30.5 Å². The molecule has 31 heavy (non-hydrogen) atoms. The molecule has 3 aromatic carbocycles. The Morgan fingerprint density at radius 1 is 0.935 bits per heavy atom. The van der Waals surface area contributed by atoms with Crippen molar-refractivity contribution in [2.75, 3.05) is 7.11 Å². The van der Waals surface area contributed by atoms with Crippen LogP contribution in [0.3, 0.4) is 0 Å². The number of benzene rings is 3. The summed E-state index contributed by atoms with van der Waals surface area (Å²) in [5.41, 5.74) is -5.50. The van der Waals surface area contributed by atoms with E-state index in [4.69, 9.17) is 16.3 Å². The van der Waals surface area contributed by atoms with Crippen LogP contribution in [0, 0.1) is 0 Å². The molecule has 0 atom stereocenters. The standard InChI is InChI=1S/C20H12ClF3N2O4S/c1-29-12-8-6-11-7-9-16(30-31(27,28)20(22,23)24)17(15(11)10-12)18-13-4-2-3-5-14(13)19(21)26-25-18/h2-10H,1H3. The van der Waals surface area contributed by atoms with Crippen molar-refractivity contribution >= 4 is 43.3 Å². The topological polar surface area (TPSA) is 78.4 Å². The van der Waals surface area contributed by atoms with Crippen molar-refractivity contribution in [2.45, 2.75) is 5.51 Å². The number of hydrogen-bond donors (Lipinski definition) is 0. The molecule has 0 bridgehead atoms. The van der Waals surface area contributed by atoms with Crippen LogP contribution in [0.5, 0.6) is 11.5 Å². The first-order valence-electron chi connectivity index (χ1n) is 8.65. The molecular formula is C20H12ClF3N2O4S. The van der Waals surface area contributed by atoms with Gasteiger partial charge in [0.15, 0.2) is 10.9 Å². The number of methoxy groups -OCH3 is 1. The lowest BCUT2D eigenvalue weighted by molar-refractivity contribution is -0.0499. The Morgan fingerprint density at radius 3 is 2.29 bits per heavy atom. The van der Waals surface area contributed by atoms with Crippen molar-refractivity contribution in [2.24, 2.45) is 0 Å². The van der Waals surface area contributed by atoms with E-state index in [1.54, 1.807) is 42.5 Å². The van der Waals surface area contributed by atoms with Crippen LogP contribution >= 0.6 is 11.6 Å². The second kappa shape index (κ2) is 7.54. The Hall–Kier alpha value is -3.11. The maximum absolute atomic E-state index is 13.0. The summed E-state index contributed by atoms with van der Waals surface area (Å²) < 4.78 is 72.3. The normalized spacial score (nSPS) is 12.3. The third-order valence-corrected chi connectivity index (χ3v) is 5.80. The van der Waals surface area contributed by atoms with Crippen molar-refractivity contribution in [3.8, 4) is 22.8 Å². The molecule has 0 amide bonds. The van der Waals surface area contributed by atoms with Gasteiger partial charge in [0.05, 0.1) is 12.7 Å². The first-order valence-corrected chi connectivity index (χ1v) is 10.4. The molecule has 11 heteroatoms. The minimum Gasteiger partial charge on any atom is -0.497 e. The number of rotatable bonds is 4. The molecule has 160 valence electrons. The van der Waals surface area contributed by atoms with Crippen LogP contribution in [0.2, 0.25) is 5.15 Å². The number of hydrogen-bond acceptors (Lipinski definition) is 6. The minimum atomic E-state index is -5.93. The highest BCUT2D eigenvalue weighted by molar-refractivity contribution is 7.88. The highest BCUT2D eigenvalue weighted by Gasteiger charge is 2.49. The molecule has 0 fully saturated rings. The van der Waals surface area contributed by atoms with Gasteiger partial charge < -0.3 is 8.92 Å². The molecule has 1 heterocycles.